The highest BCUT2D eigenvalue weighted by atomic mass is 16.2. The standard InChI is InChI=1S/C17H26N2O/c1-12-5-6-13(11-15(12)18)16(20)19(4)14-7-9-17(2,3)10-8-14/h5-6,11,14H,7-10,18H2,1-4H3. The molecular formula is C17H26N2O. The van der Waals surface area contributed by atoms with E-state index in [-0.39, 0.29) is 5.91 Å². The average Bonchev–Trinajstić information content (AvgIpc) is 2.40. The summed E-state index contributed by atoms with van der Waals surface area (Å²) in [4.78, 5) is 14.4. The maximum atomic E-state index is 12.5. The highest BCUT2D eigenvalue weighted by Gasteiger charge is 2.30. The van der Waals surface area contributed by atoms with Gasteiger partial charge in [0.15, 0.2) is 0 Å². The molecule has 1 aromatic carbocycles. The van der Waals surface area contributed by atoms with Gasteiger partial charge in [-0.1, -0.05) is 19.9 Å². The summed E-state index contributed by atoms with van der Waals surface area (Å²) in [6, 6.07) is 5.94. The summed E-state index contributed by atoms with van der Waals surface area (Å²) in [5, 5.41) is 0. The molecule has 0 atom stereocenters. The Morgan fingerprint density at radius 3 is 2.45 bits per heavy atom. The van der Waals surface area contributed by atoms with Crippen molar-refractivity contribution in [2.75, 3.05) is 12.8 Å². The van der Waals surface area contributed by atoms with Crippen molar-refractivity contribution in [2.24, 2.45) is 5.41 Å². The van der Waals surface area contributed by atoms with Crippen LogP contribution in [0.25, 0.3) is 0 Å². The SMILES string of the molecule is Cc1ccc(C(=O)N(C)C2CCC(C)(C)CC2)cc1N. The lowest BCUT2D eigenvalue weighted by Gasteiger charge is -2.38. The number of nitrogens with two attached hydrogens (primary N) is 1. The fourth-order valence-corrected chi connectivity index (χ4v) is 2.91. The minimum Gasteiger partial charge on any atom is -0.398 e. The Morgan fingerprint density at radius 2 is 1.90 bits per heavy atom. The Labute approximate surface area is 122 Å². The molecule has 2 N–H and O–H groups in total. The van der Waals surface area contributed by atoms with Crippen molar-refractivity contribution in [3.8, 4) is 0 Å². The van der Waals surface area contributed by atoms with E-state index in [4.69, 9.17) is 5.73 Å². The van der Waals surface area contributed by atoms with Gasteiger partial charge in [-0.2, -0.15) is 0 Å². The van der Waals surface area contributed by atoms with Crippen LogP contribution in [0.4, 0.5) is 5.69 Å². The fourth-order valence-electron chi connectivity index (χ4n) is 2.91. The largest absolute Gasteiger partial charge is 0.398 e. The van der Waals surface area contributed by atoms with E-state index in [1.807, 2.05) is 31.0 Å². The molecule has 0 aromatic heterocycles. The molecule has 0 unspecified atom stereocenters. The van der Waals surface area contributed by atoms with E-state index in [1.165, 1.54) is 12.8 Å². The molecular weight excluding hydrogens is 248 g/mol. The molecule has 3 nitrogen and oxygen atoms in total. The van der Waals surface area contributed by atoms with E-state index in [0.29, 0.717) is 22.7 Å². The molecule has 0 heterocycles. The maximum absolute atomic E-state index is 12.5. The van der Waals surface area contributed by atoms with Gasteiger partial charge in [0.2, 0.25) is 0 Å². The van der Waals surface area contributed by atoms with Crippen LogP contribution in [0.2, 0.25) is 0 Å². The molecule has 110 valence electrons. The Kier molecular flexibility index (Phi) is 4.07. The molecule has 0 aliphatic heterocycles. The van der Waals surface area contributed by atoms with Crippen LogP contribution in [-0.2, 0) is 0 Å². The molecule has 1 aliphatic carbocycles. The van der Waals surface area contributed by atoms with Crippen molar-refractivity contribution in [3.05, 3.63) is 29.3 Å². The van der Waals surface area contributed by atoms with E-state index in [9.17, 15) is 4.79 Å². The van der Waals surface area contributed by atoms with E-state index in [0.717, 1.165) is 18.4 Å². The molecule has 1 aliphatic rings. The number of hydrogen-bond donors (Lipinski definition) is 1. The Hall–Kier alpha value is -1.51. The number of carbonyl (C=O) groups is 1. The van der Waals surface area contributed by atoms with Crippen LogP contribution < -0.4 is 5.73 Å². The van der Waals surface area contributed by atoms with Crippen molar-refractivity contribution in [1.29, 1.82) is 0 Å². The van der Waals surface area contributed by atoms with Crippen LogP contribution in [0.5, 0.6) is 0 Å². The lowest BCUT2D eigenvalue weighted by Crippen LogP contribution is -2.40. The highest BCUT2D eigenvalue weighted by molar-refractivity contribution is 5.95. The van der Waals surface area contributed by atoms with Gasteiger partial charge in [-0.15, -0.1) is 0 Å². The third-order valence-electron chi connectivity index (χ3n) is 4.70. The minimum absolute atomic E-state index is 0.0846. The van der Waals surface area contributed by atoms with Crippen LogP contribution in [-0.4, -0.2) is 23.9 Å². The number of benzene rings is 1. The molecule has 20 heavy (non-hydrogen) atoms. The number of aryl methyl sites for hydroxylation is 1. The van der Waals surface area contributed by atoms with E-state index >= 15 is 0 Å². The van der Waals surface area contributed by atoms with Crippen LogP contribution in [0, 0.1) is 12.3 Å². The number of rotatable bonds is 2. The first kappa shape index (κ1) is 14.9. The predicted molar refractivity (Wildman–Crippen MR) is 83.7 cm³/mol. The third-order valence-corrected chi connectivity index (χ3v) is 4.70. The number of hydrogen-bond acceptors (Lipinski definition) is 2. The van der Waals surface area contributed by atoms with Crippen LogP contribution in [0.1, 0.15) is 55.5 Å². The molecule has 0 saturated heterocycles. The Morgan fingerprint density at radius 1 is 1.30 bits per heavy atom. The van der Waals surface area contributed by atoms with Crippen molar-refractivity contribution in [3.63, 3.8) is 0 Å². The monoisotopic (exact) mass is 274 g/mol. The topological polar surface area (TPSA) is 46.3 Å². The molecule has 2 rings (SSSR count). The van der Waals surface area contributed by atoms with Crippen molar-refractivity contribution in [1.82, 2.24) is 4.90 Å². The van der Waals surface area contributed by atoms with Gasteiger partial charge in [0.1, 0.15) is 0 Å². The zero-order valence-electron chi connectivity index (χ0n) is 13.1. The number of anilines is 1. The van der Waals surface area contributed by atoms with Crippen LogP contribution >= 0.6 is 0 Å². The summed E-state index contributed by atoms with van der Waals surface area (Å²) in [7, 11) is 1.92. The summed E-state index contributed by atoms with van der Waals surface area (Å²) >= 11 is 0. The van der Waals surface area contributed by atoms with Gasteiger partial charge in [-0.3, -0.25) is 4.79 Å². The van der Waals surface area contributed by atoms with E-state index < -0.39 is 0 Å². The quantitative estimate of drug-likeness (QED) is 0.837. The van der Waals surface area contributed by atoms with Crippen molar-refractivity contribution >= 4 is 11.6 Å². The number of carbonyl (C=O) groups excluding carboxylic acids is 1. The molecule has 1 amide bonds. The normalized spacial score (nSPS) is 18.8. The van der Waals surface area contributed by atoms with Gasteiger partial charge in [0.25, 0.3) is 5.91 Å². The summed E-state index contributed by atoms with van der Waals surface area (Å²) in [6.45, 7) is 6.58. The molecule has 0 bridgehead atoms. The lowest BCUT2D eigenvalue weighted by atomic mass is 9.75. The second-order valence-corrected chi connectivity index (χ2v) is 6.88. The maximum Gasteiger partial charge on any atom is 0.253 e. The smallest absolute Gasteiger partial charge is 0.253 e. The predicted octanol–water partition coefficient (Wildman–Crippen LogP) is 3.62. The first-order chi connectivity index (χ1) is 9.30. The molecule has 1 fully saturated rings. The number of amides is 1. The number of nitrogen functional groups attached to an aromatic ring is 1. The minimum atomic E-state index is 0.0846. The van der Waals surface area contributed by atoms with E-state index in [2.05, 4.69) is 13.8 Å². The zero-order valence-corrected chi connectivity index (χ0v) is 13.1. The van der Waals surface area contributed by atoms with Gasteiger partial charge in [-0.25, -0.2) is 0 Å². The average molecular weight is 274 g/mol. The van der Waals surface area contributed by atoms with Crippen LogP contribution in [0.15, 0.2) is 18.2 Å². The Balaban J connectivity index is 2.07. The van der Waals surface area contributed by atoms with Gasteiger partial charge in [-0.05, 0) is 55.7 Å². The fraction of sp³-hybridized carbons (Fsp3) is 0.588. The van der Waals surface area contributed by atoms with Gasteiger partial charge in [0.05, 0.1) is 0 Å². The number of nitrogens with zero attached hydrogens (tertiary/aromatic N) is 1. The van der Waals surface area contributed by atoms with E-state index in [1.54, 1.807) is 6.07 Å². The molecule has 3 heteroatoms. The van der Waals surface area contributed by atoms with Crippen molar-refractivity contribution in [2.45, 2.75) is 52.5 Å². The summed E-state index contributed by atoms with van der Waals surface area (Å²) < 4.78 is 0. The first-order valence-corrected chi connectivity index (χ1v) is 7.43. The third kappa shape index (κ3) is 3.14. The summed E-state index contributed by atoms with van der Waals surface area (Å²) in [5.74, 6) is 0.0846. The summed E-state index contributed by atoms with van der Waals surface area (Å²) in [6.07, 6.45) is 4.56. The van der Waals surface area contributed by atoms with Gasteiger partial charge in [0, 0.05) is 24.3 Å². The highest BCUT2D eigenvalue weighted by Crippen LogP contribution is 2.36. The van der Waals surface area contributed by atoms with Crippen molar-refractivity contribution < 1.29 is 4.79 Å². The summed E-state index contributed by atoms with van der Waals surface area (Å²) in [5.41, 5.74) is 8.73. The molecule has 1 aromatic rings. The first-order valence-electron chi connectivity index (χ1n) is 7.43. The van der Waals surface area contributed by atoms with Gasteiger partial charge < -0.3 is 10.6 Å². The second-order valence-electron chi connectivity index (χ2n) is 6.88. The second kappa shape index (κ2) is 5.47. The van der Waals surface area contributed by atoms with Gasteiger partial charge >= 0.3 is 0 Å². The van der Waals surface area contributed by atoms with Crippen LogP contribution in [0.3, 0.4) is 0 Å². The lowest BCUT2D eigenvalue weighted by molar-refractivity contribution is 0.0635. The molecule has 1 saturated carbocycles. The molecule has 0 spiro atoms. The Bertz CT molecular complexity index is 498. The zero-order chi connectivity index (χ0) is 14.9. The molecule has 0 radical (unpaired) electrons.